The molecule has 1 fully saturated rings. The van der Waals surface area contributed by atoms with Gasteiger partial charge in [-0.25, -0.2) is 0 Å². The number of amides is 1. The molecule has 98 valence electrons. The summed E-state index contributed by atoms with van der Waals surface area (Å²) in [4.78, 5) is 14.3. The van der Waals surface area contributed by atoms with Crippen molar-refractivity contribution in [2.45, 2.75) is 13.3 Å². The molecule has 4 heteroatoms. The molecule has 1 aliphatic rings. The number of methoxy groups -OCH3 is 1. The summed E-state index contributed by atoms with van der Waals surface area (Å²) < 4.78 is 5.14. The first kappa shape index (κ1) is 12.9. The third-order valence-corrected chi connectivity index (χ3v) is 3.58. The average Bonchev–Trinajstić information content (AvgIpc) is 2.81. The highest BCUT2D eigenvalue weighted by Gasteiger charge is 2.27. The van der Waals surface area contributed by atoms with Crippen molar-refractivity contribution in [1.82, 2.24) is 4.90 Å². The van der Waals surface area contributed by atoms with E-state index in [1.165, 1.54) is 0 Å². The maximum atomic E-state index is 12.4. The molecule has 1 saturated heterocycles. The SMILES string of the molecule is COCC1CCN(C(=O)c2cccc(N)c2C)C1. The summed E-state index contributed by atoms with van der Waals surface area (Å²) in [7, 11) is 1.70. The standard InChI is InChI=1S/C14H20N2O2/c1-10-12(4-3-5-13(10)15)14(17)16-7-6-11(8-16)9-18-2/h3-5,11H,6-9,15H2,1-2H3. The van der Waals surface area contributed by atoms with Crippen LogP contribution in [0.5, 0.6) is 0 Å². The van der Waals surface area contributed by atoms with Crippen LogP contribution in [-0.4, -0.2) is 37.6 Å². The molecule has 1 amide bonds. The van der Waals surface area contributed by atoms with Gasteiger partial charge in [0.2, 0.25) is 0 Å². The first-order chi connectivity index (χ1) is 8.63. The van der Waals surface area contributed by atoms with E-state index in [0.29, 0.717) is 17.2 Å². The molecule has 0 aromatic heterocycles. The quantitative estimate of drug-likeness (QED) is 0.828. The van der Waals surface area contributed by atoms with E-state index in [9.17, 15) is 4.79 Å². The molecule has 0 radical (unpaired) electrons. The highest BCUT2D eigenvalue weighted by atomic mass is 16.5. The number of anilines is 1. The first-order valence-electron chi connectivity index (χ1n) is 6.26. The Hall–Kier alpha value is -1.55. The van der Waals surface area contributed by atoms with Crippen molar-refractivity contribution in [3.63, 3.8) is 0 Å². The molecular weight excluding hydrogens is 228 g/mol. The second kappa shape index (κ2) is 5.40. The van der Waals surface area contributed by atoms with E-state index in [2.05, 4.69) is 0 Å². The van der Waals surface area contributed by atoms with Crippen molar-refractivity contribution in [2.24, 2.45) is 5.92 Å². The Balaban J connectivity index is 2.11. The minimum Gasteiger partial charge on any atom is -0.398 e. The van der Waals surface area contributed by atoms with Crippen molar-refractivity contribution in [3.8, 4) is 0 Å². The van der Waals surface area contributed by atoms with Crippen molar-refractivity contribution in [3.05, 3.63) is 29.3 Å². The summed E-state index contributed by atoms with van der Waals surface area (Å²) in [5.41, 5.74) is 8.10. The van der Waals surface area contributed by atoms with Gasteiger partial charge in [0.05, 0.1) is 6.61 Å². The number of carbonyl (C=O) groups excluding carboxylic acids is 1. The number of benzene rings is 1. The maximum Gasteiger partial charge on any atom is 0.254 e. The molecule has 18 heavy (non-hydrogen) atoms. The fraction of sp³-hybridized carbons (Fsp3) is 0.500. The second-order valence-corrected chi connectivity index (χ2v) is 4.88. The van der Waals surface area contributed by atoms with E-state index in [0.717, 1.165) is 31.7 Å². The monoisotopic (exact) mass is 248 g/mol. The summed E-state index contributed by atoms with van der Waals surface area (Å²) in [6.07, 6.45) is 1.01. The summed E-state index contributed by atoms with van der Waals surface area (Å²) >= 11 is 0. The molecule has 1 heterocycles. The van der Waals surface area contributed by atoms with E-state index in [4.69, 9.17) is 10.5 Å². The number of rotatable bonds is 3. The third-order valence-electron chi connectivity index (χ3n) is 3.58. The highest BCUT2D eigenvalue weighted by Crippen LogP contribution is 2.22. The van der Waals surface area contributed by atoms with Crippen LogP contribution in [0, 0.1) is 12.8 Å². The largest absolute Gasteiger partial charge is 0.398 e. The van der Waals surface area contributed by atoms with Gasteiger partial charge in [0.15, 0.2) is 0 Å². The predicted octanol–water partition coefficient (Wildman–Crippen LogP) is 1.69. The fourth-order valence-corrected chi connectivity index (χ4v) is 2.44. The van der Waals surface area contributed by atoms with Crippen LogP contribution in [-0.2, 0) is 4.74 Å². The van der Waals surface area contributed by atoms with Gasteiger partial charge in [-0.3, -0.25) is 4.79 Å². The molecule has 0 aliphatic carbocycles. The molecule has 1 aliphatic heterocycles. The summed E-state index contributed by atoms with van der Waals surface area (Å²) in [5, 5.41) is 0. The van der Waals surface area contributed by atoms with E-state index < -0.39 is 0 Å². The zero-order valence-corrected chi connectivity index (χ0v) is 11.0. The number of nitrogens with zero attached hydrogens (tertiary/aromatic N) is 1. The normalized spacial score (nSPS) is 19.2. The minimum absolute atomic E-state index is 0.0819. The number of hydrogen-bond acceptors (Lipinski definition) is 3. The van der Waals surface area contributed by atoms with Crippen LogP contribution in [0.3, 0.4) is 0 Å². The first-order valence-corrected chi connectivity index (χ1v) is 6.26. The molecule has 1 unspecified atom stereocenters. The molecule has 0 saturated carbocycles. The lowest BCUT2D eigenvalue weighted by Gasteiger charge is -2.18. The number of hydrogen-bond donors (Lipinski definition) is 1. The molecule has 1 aromatic carbocycles. The summed E-state index contributed by atoms with van der Waals surface area (Å²) in [6.45, 7) is 4.20. The average molecular weight is 248 g/mol. The smallest absolute Gasteiger partial charge is 0.254 e. The predicted molar refractivity (Wildman–Crippen MR) is 71.5 cm³/mol. The van der Waals surface area contributed by atoms with Crippen LogP contribution in [0.2, 0.25) is 0 Å². The van der Waals surface area contributed by atoms with E-state index in [1.54, 1.807) is 7.11 Å². The van der Waals surface area contributed by atoms with Gasteiger partial charge in [0, 0.05) is 37.4 Å². The molecule has 1 atom stereocenters. The number of carbonyl (C=O) groups is 1. The Morgan fingerprint density at radius 1 is 1.56 bits per heavy atom. The lowest BCUT2D eigenvalue weighted by molar-refractivity contribution is 0.0775. The van der Waals surface area contributed by atoms with Gasteiger partial charge >= 0.3 is 0 Å². The Labute approximate surface area is 108 Å². The van der Waals surface area contributed by atoms with Crippen molar-refractivity contribution in [2.75, 3.05) is 32.5 Å². The lowest BCUT2D eigenvalue weighted by Crippen LogP contribution is -2.30. The van der Waals surface area contributed by atoms with Gasteiger partial charge in [-0.05, 0) is 31.0 Å². The van der Waals surface area contributed by atoms with Crippen molar-refractivity contribution < 1.29 is 9.53 Å². The van der Waals surface area contributed by atoms with E-state index >= 15 is 0 Å². The molecular formula is C14H20N2O2. The fourth-order valence-electron chi connectivity index (χ4n) is 2.44. The number of likely N-dealkylation sites (tertiary alicyclic amines) is 1. The Bertz CT molecular complexity index is 445. The highest BCUT2D eigenvalue weighted by molar-refractivity contribution is 5.97. The van der Waals surface area contributed by atoms with Crippen LogP contribution in [0.1, 0.15) is 22.3 Å². The van der Waals surface area contributed by atoms with Gasteiger partial charge in [-0.15, -0.1) is 0 Å². The zero-order valence-electron chi connectivity index (χ0n) is 11.0. The van der Waals surface area contributed by atoms with Crippen LogP contribution in [0.4, 0.5) is 5.69 Å². The van der Waals surface area contributed by atoms with Gasteiger partial charge in [-0.1, -0.05) is 6.07 Å². The third kappa shape index (κ3) is 2.48. The molecule has 2 rings (SSSR count). The molecule has 0 spiro atoms. The lowest BCUT2D eigenvalue weighted by atomic mass is 10.1. The van der Waals surface area contributed by atoms with Crippen LogP contribution in [0.15, 0.2) is 18.2 Å². The van der Waals surface area contributed by atoms with Gasteiger partial charge in [0.25, 0.3) is 5.91 Å². The number of nitrogen functional groups attached to an aromatic ring is 1. The Kier molecular flexibility index (Phi) is 3.87. The van der Waals surface area contributed by atoms with Crippen LogP contribution < -0.4 is 5.73 Å². The second-order valence-electron chi connectivity index (χ2n) is 4.88. The number of ether oxygens (including phenoxy) is 1. The maximum absolute atomic E-state index is 12.4. The summed E-state index contributed by atoms with van der Waals surface area (Å²) in [5.74, 6) is 0.540. The zero-order chi connectivity index (χ0) is 13.1. The summed E-state index contributed by atoms with van der Waals surface area (Å²) in [6, 6.07) is 5.50. The number of nitrogens with two attached hydrogens (primary N) is 1. The van der Waals surface area contributed by atoms with Gasteiger partial charge in [-0.2, -0.15) is 0 Å². The van der Waals surface area contributed by atoms with Crippen LogP contribution >= 0.6 is 0 Å². The molecule has 4 nitrogen and oxygen atoms in total. The Morgan fingerprint density at radius 2 is 2.33 bits per heavy atom. The van der Waals surface area contributed by atoms with E-state index in [1.807, 2.05) is 30.0 Å². The minimum atomic E-state index is 0.0819. The van der Waals surface area contributed by atoms with Gasteiger partial charge in [0.1, 0.15) is 0 Å². The molecule has 1 aromatic rings. The van der Waals surface area contributed by atoms with Crippen molar-refractivity contribution in [1.29, 1.82) is 0 Å². The molecule has 0 bridgehead atoms. The topological polar surface area (TPSA) is 55.6 Å². The Morgan fingerprint density at radius 3 is 3.06 bits per heavy atom. The molecule has 2 N–H and O–H groups in total. The van der Waals surface area contributed by atoms with Crippen molar-refractivity contribution >= 4 is 11.6 Å². The van der Waals surface area contributed by atoms with Gasteiger partial charge < -0.3 is 15.4 Å². The van der Waals surface area contributed by atoms with Crippen LogP contribution in [0.25, 0.3) is 0 Å². The van der Waals surface area contributed by atoms with E-state index in [-0.39, 0.29) is 5.91 Å².